The topological polar surface area (TPSA) is 66.8 Å². The van der Waals surface area contributed by atoms with Gasteiger partial charge < -0.3 is 9.84 Å². The van der Waals surface area contributed by atoms with Crippen molar-refractivity contribution in [1.29, 1.82) is 0 Å². The first-order valence-electron chi connectivity index (χ1n) is 6.35. The van der Waals surface area contributed by atoms with E-state index in [1.807, 2.05) is 6.92 Å². The molecule has 2 aliphatic rings. The van der Waals surface area contributed by atoms with Crippen LogP contribution in [-0.2, 0) is 14.3 Å². The molecule has 0 radical (unpaired) electrons. The quantitative estimate of drug-likeness (QED) is 0.456. The monoisotopic (exact) mass is 315 g/mol. The molecule has 0 aromatic carbocycles. The molecule has 1 fully saturated rings. The third-order valence-electron chi connectivity index (χ3n) is 3.07. The van der Waals surface area contributed by atoms with Crippen LogP contribution >= 0.6 is 23.5 Å². The SMILES string of the molecule is C=CCOC(=O)C1=C(SCC)S[C@@H]2C(C(C)O)C(=O)N12. The Balaban J connectivity index is 2.21. The van der Waals surface area contributed by atoms with Gasteiger partial charge in [-0.3, -0.25) is 9.69 Å². The second-order valence-electron chi connectivity index (χ2n) is 4.44. The summed E-state index contributed by atoms with van der Waals surface area (Å²) in [6.45, 7) is 7.19. The highest BCUT2D eigenvalue weighted by Gasteiger charge is 2.57. The first-order valence-corrected chi connectivity index (χ1v) is 8.22. The minimum absolute atomic E-state index is 0.115. The fraction of sp³-hybridized carbons (Fsp3) is 0.538. The predicted molar refractivity (Wildman–Crippen MR) is 79.7 cm³/mol. The van der Waals surface area contributed by atoms with E-state index in [0.29, 0.717) is 5.70 Å². The van der Waals surface area contributed by atoms with E-state index in [9.17, 15) is 14.7 Å². The van der Waals surface area contributed by atoms with E-state index in [-0.39, 0.29) is 17.9 Å². The number of ether oxygens (including phenoxy) is 1. The maximum Gasteiger partial charge on any atom is 0.357 e. The largest absolute Gasteiger partial charge is 0.457 e. The molecule has 110 valence electrons. The van der Waals surface area contributed by atoms with Crippen LogP contribution in [0.15, 0.2) is 22.6 Å². The Hall–Kier alpha value is -0.920. The van der Waals surface area contributed by atoms with Gasteiger partial charge in [0.15, 0.2) is 5.70 Å². The zero-order chi connectivity index (χ0) is 14.9. The molecule has 2 aliphatic heterocycles. The van der Waals surface area contributed by atoms with Crippen molar-refractivity contribution in [1.82, 2.24) is 4.90 Å². The minimum Gasteiger partial charge on any atom is -0.457 e. The molecule has 0 aromatic heterocycles. The molecule has 1 saturated heterocycles. The van der Waals surface area contributed by atoms with E-state index >= 15 is 0 Å². The van der Waals surface area contributed by atoms with Crippen LogP contribution in [0.25, 0.3) is 0 Å². The van der Waals surface area contributed by atoms with Gasteiger partial charge in [-0.2, -0.15) is 0 Å². The van der Waals surface area contributed by atoms with Crippen LogP contribution < -0.4 is 0 Å². The van der Waals surface area contributed by atoms with Gasteiger partial charge >= 0.3 is 5.97 Å². The number of aliphatic hydroxyl groups is 1. The number of hydrogen-bond acceptors (Lipinski definition) is 6. The number of hydrogen-bond donors (Lipinski definition) is 1. The lowest BCUT2D eigenvalue weighted by molar-refractivity contribution is -0.157. The molecule has 0 saturated carbocycles. The lowest BCUT2D eigenvalue weighted by Gasteiger charge is -2.43. The average molecular weight is 315 g/mol. The summed E-state index contributed by atoms with van der Waals surface area (Å²) in [5, 5.41) is 9.46. The van der Waals surface area contributed by atoms with Gasteiger partial charge in [0.2, 0.25) is 5.91 Å². The summed E-state index contributed by atoms with van der Waals surface area (Å²) in [5.41, 5.74) is 0.315. The maximum atomic E-state index is 12.1. The summed E-state index contributed by atoms with van der Waals surface area (Å²) in [6.07, 6.45) is 0.772. The molecule has 0 bridgehead atoms. The van der Waals surface area contributed by atoms with Crippen LogP contribution in [0, 0.1) is 5.92 Å². The van der Waals surface area contributed by atoms with Gasteiger partial charge in [0.1, 0.15) is 12.0 Å². The Labute approximate surface area is 126 Å². The Bertz CT molecular complexity index is 475. The van der Waals surface area contributed by atoms with Crippen molar-refractivity contribution < 1.29 is 19.4 Å². The number of fused-ring (bicyclic) bond motifs is 1. The third kappa shape index (κ3) is 2.49. The zero-order valence-electron chi connectivity index (χ0n) is 11.4. The summed E-state index contributed by atoms with van der Waals surface area (Å²) in [6, 6.07) is 0. The Morgan fingerprint density at radius 1 is 1.70 bits per heavy atom. The number of β-lactam (4-membered cyclic amide) rings is 1. The van der Waals surface area contributed by atoms with Crippen molar-refractivity contribution >= 4 is 35.4 Å². The number of thioether (sulfide) groups is 2. The molecule has 0 aliphatic carbocycles. The summed E-state index contributed by atoms with van der Waals surface area (Å²) >= 11 is 2.97. The normalized spacial score (nSPS) is 26.1. The van der Waals surface area contributed by atoms with Gasteiger partial charge in [-0.1, -0.05) is 31.3 Å². The maximum absolute atomic E-state index is 12.1. The smallest absolute Gasteiger partial charge is 0.357 e. The van der Waals surface area contributed by atoms with E-state index in [0.717, 1.165) is 9.99 Å². The van der Waals surface area contributed by atoms with Crippen LogP contribution in [0.2, 0.25) is 0 Å². The van der Waals surface area contributed by atoms with Crippen molar-refractivity contribution in [3.63, 3.8) is 0 Å². The number of amides is 1. The lowest BCUT2D eigenvalue weighted by atomic mass is 9.92. The molecule has 3 atom stereocenters. The molecule has 0 spiro atoms. The van der Waals surface area contributed by atoms with Crippen LogP contribution in [0.5, 0.6) is 0 Å². The van der Waals surface area contributed by atoms with Gasteiger partial charge in [0.05, 0.1) is 16.3 Å². The van der Waals surface area contributed by atoms with Gasteiger partial charge in [-0.25, -0.2) is 4.79 Å². The standard InChI is InChI=1S/C13H17NO4S2/c1-4-6-18-12(17)9-13(19-5-2)20-11-8(7(3)15)10(16)14(9)11/h4,7-8,11,15H,1,5-6H2,2-3H3/t7?,8?,11-/m1/s1. The Morgan fingerprint density at radius 2 is 2.40 bits per heavy atom. The third-order valence-corrected chi connectivity index (χ3v) is 5.61. The predicted octanol–water partition coefficient (Wildman–Crippen LogP) is 1.55. The lowest BCUT2D eigenvalue weighted by Crippen LogP contribution is -2.60. The van der Waals surface area contributed by atoms with E-state index in [4.69, 9.17) is 4.74 Å². The van der Waals surface area contributed by atoms with Gasteiger partial charge in [0, 0.05) is 0 Å². The van der Waals surface area contributed by atoms with E-state index in [2.05, 4.69) is 6.58 Å². The van der Waals surface area contributed by atoms with Crippen molar-refractivity contribution in [3.05, 3.63) is 22.6 Å². The molecule has 0 aromatic rings. The number of carbonyl (C=O) groups is 2. The van der Waals surface area contributed by atoms with Crippen LogP contribution in [0.3, 0.4) is 0 Å². The second-order valence-corrected chi connectivity index (χ2v) is 7.10. The minimum atomic E-state index is -0.715. The summed E-state index contributed by atoms with van der Waals surface area (Å²) in [7, 11) is 0. The molecule has 1 amide bonds. The Kier molecular flexibility index (Phi) is 4.82. The van der Waals surface area contributed by atoms with Gasteiger partial charge in [0.25, 0.3) is 0 Å². The fourth-order valence-corrected chi connectivity index (χ4v) is 5.00. The molecule has 20 heavy (non-hydrogen) atoms. The molecule has 2 heterocycles. The first kappa shape index (κ1) is 15.5. The van der Waals surface area contributed by atoms with Crippen LogP contribution in [0.1, 0.15) is 13.8 Å². The van der Waals surface area contributed by atoms with E-state index in [1.165, 1.54) is 34.5 Å². The highest BCUT2D eigenvalue weighted by Crippen LogP contribution is 2.53. The molecule has 7 heteroatoms. The number of nitrogens with zero attached hydrogens (tertiary/aromatic N) is 1. The second kappa shape index (κ2) is 6.24. The molecule has 2 unspecified atom stereocenters. The van der Waals surface area contributed by atoms with Crippen LogP contribution in [-0.4, -0.2) is 45.7 Å². The number of carbonyl (C=O) groups excluding carboxylic acids is 2. The number of aliphatic hydroxyl groups excluding tert-OH is 1. The number of esters is 1. The molecule has 1 N–H and O–H groups in total. The molecular formula is C13H17NO4S2. The van der Waals surface area contributed by atoms with Crippen molar-refractivity contribution in [2.75, 3.05) is 12.4 Å². The van der Waals surface area contributed by atoms with Crippen LogP contribution in [0.4, 0.5) is 0 Å². The summed E-state index contributed by atoms with van der Waals surface area (Å²) in [4.78, 5) is 25.6. The summed E-state index contributed by atoms with van der Waals surface area (Å²) < 4.78 is 5.84. The first-order chi connectivity index (χ1) is 9.52. The van der Waals surface area contributed by atoms with Crippen molar-refractivity contribution in [2.24, 2.45) is 5.92 Å². The molecule has 2 rings (SSSR count). The highest BCUT2D eigenvalue weighted by atomic mass is 32.2. The fourth-order valence-electron chi connectivity index (χ4n) is 2.18. The number of rotatable bonds is 6. The Morgan fingerprint density at radius 3 is 2.95 bits per heavy atom. The van der Waals surface area contributed by atoms with E-state index in [1.54, 1.807) is 6.92 Å². The average Bonchev–Trinajstić information content (AvgIpc) is 2.70. The zero-order valence-corrected chi connectivity index (χ0v) is 13.0. The molecular weight excluding hydrogens is 298 g/mol. The van der Waals surface area contributed by atoms with E-state index < -0.39 is 18.0 Å². The highest BCUT2D eigenvalue weighted by molar-refractivity contribution is 8.22. The van der Waals surface area contributed by atoms with Crippen molar-refractivity contribution in [2.45, 2.75) is 25.3 Å². The van der Waals surface area contributed by atoms with Crippen molar-refractivity contribution in [3.8, 4) is 0 Å². The summed E-state index contributed by atoms with van der Waals surface area (Å²) in [5.74, 6) is -0.366. The molecule has 5 nitrogen and oxygen atoms in total. The van der Waals surface area contributed by atoms with Gasteiger partial charge in [-0.15, -0.1) is 11.8 Å². The van der Waals surface area contributed by atoms with Gasteiger partial charge in [-0.05, 0) is 12.7 Å².